The number of amides is 1. The van der Waals surface area contributed by atoms with Crippen molar-refractivity contribution < 1.29 is 9.21 Å². The quantitative estimate of drug-likeness (QED) is 0.574. The first-order valence-electron chi connectivity index (χ1n) is 7.72. The lowest BCUT2D eigenvalue weighted by molar-refractivity contribution is -0.117. The van der Waals surface area contributed by atoms with Gasteiger partial charge in [0, 0.05) is 24.2 Å². The largest absolute Gasteiger partial charge is 0.465 e. The Morgan fingerprint density at radius 3 is 2.96 bits per heavy atom. The lowest BCUT2D eigenvalue weighted by Gasteiger charge is -2.15. The second-order valence-electron chi connectivity index (χ2n) is 5.45. The molecule has 1 atom stereocenters. The van der Waals surface area contributed by atoms with Crippen LogP contribution in [0.3, 0.4) is 0 Å². The van der Waals surface area contributed by atoms with E-state index in [1.54, 1.807) is 24.7 Å². The highest BCUT2D eigenvalue weighted by Crippen LogP contribution is 2.17. The molecule has 0 saturated carbocycles. The number of nitrogens with zero attached hydrogens (tertiary/aromatic N) is 3. The Labute approximate surface area is 145 Å². The minimum atomic E-state index is -0.445. The molecule has 2 heterocycles. The molecule has 3 rings (SSSR count). The molecule has 1 unspecified atom stereocenters. The number of hydrogen-bond acceptors (Lipinski definition) is 4. The Balaban J connectivity index is 1.75. The summed E-state index contributed by atoms with van der Waals surface area (Å²) in [6.45, 7) is 1.87. The Bertz CT molecular complexity index is 919. The summed E-state index contributed by atoms with van der Waals surface area (Å²) in [4.78, 5) is 16.4. The maximum atomic E-state index is 12.3. The van der Waals surface area contributed by atoms with Crippen LogP contribution in [0.5, 0.6) is 0 Å². The highest BCUT2D eigenvalue weighted by atomic mass is 16.3. The zero-order valence-corrected chi connectivity index (χ0v) is 13.6. The van der Waals surface area contributed by atoms with Crippen molar-refractivity contribution in [3.8, 4) is 11.8 Å². The Morgan fingerprint density at radius 2 is 2.28 bits per heavy atom. The van der Waals surface area contributed by atoms with Crippen molar-refractivity contribution in [1.82, 2.24) is 14.9 Å². The van der Waals surface area contributed by atoms with Crippen molar-refractivity contribution in [1.29, 1.82) is 5.26 Å². The molecule has 6 nitrogen and oxygen atoms in total. The van der Waals surface area contributed by atoms with Crippen LogP contribution in [-0.4, -0.2) is 15.5 Å². The molecule has 0 bridgehead atoms. The second-order valence-corrected chi connectivity index (χ2v) is 5.45. The van der Waals surface area contributed by atoms with Crippen molar-refractivity contribution in [2.24, 2.45) is 0 Å². The molecule has 6 heteroatoms. The van der Waals surface area contributed by atoms with E-state index in [4.69, 9.17) is 4.42 Å². The van der Waals surface area contributed by atoms with Gasteiger partial charge in [-0.05, 0) is 36.8 Å². The molecule has 0 aliphatic carbocycles. The van der Waals surface area contributed by atoms with Crippen LogP contribution in [-0.2, 0) is 4.79 Å². The minimum Gasteiger partial charge on any atom is -0.465 e. The first kappa shape index (κ1) is 16.3. The predicted octanol–water partition coefficient (Wildman–Crippen LogP) is 3.25. The number of hydrogen-bond donors (Lipinski definition) is 1. The summed E-state index contributed by atoms with van der Waals surface area (Å²) < 4.78 is 7.03. The summed E-state index contributed by atoms with van der Waals surface area (Å²) in [6.07, 6.45) is 8.17. The van der Waals surface area contributed by atoms with Crippen molar-refractivity contribution in [2.75, 3.05) is 0 Å². The fourth-order valence-corrected chi connectivity index (χ4v) is 2.39. The van der Waals surface area contributed by atoms with E-state index in [2.05, 4.69) is 10.3 Å². The number of nitriles is 1. The zero-order chi connectivity index (χ0) is 17.6. The molecule has 0 saturated heterocycles. The Morgan fingerprint density at radius 1 is 1.40 bits per heavy atom. The van der Waals surface area contributed by atoms with Crippen LogP contribution in [0.1, 0.15) is 24.3 Å². The molecule has 0 aliphatic rings. The second kappa shape index (κ2) is 7.32. The van der Waals surface area contributed by atoms with Gasteiger partial charge in [-0.25, -0.2) is 4.98 Å². The SMILES string of the molecule is CC(NC(=O)C(C#N)=Cc1ccco1)c1cccc(-n2ccnc2)c1. The molecular formula is C19H16N4O2. The minimum absolute atomic E-state index is 0.00689. The molecule has 0 aliphatic heterocycles. The fraction of sp³-hybridized carbons (Fsp3) is 0.105. The zero-order valence-electron chi connectivity index (χ0n) is 13.6. The van der Waals surface area contributed by atoms with Crippen LogP contribution in [0.25, 0.3) is 11.8 Å². The number of furan rings is 1. The van der Waals surface area contributed by atoms with E-state index >= 15 is 0 Å². The van der Waals surface area contributed by atoms with Crippen LogP contribution in [0, 0.1) is 11.3 Å². The molecule has 0 fully saturated rings. The molecule has 1 aromatic carbocycles. The standard InChI is InChI=1S/C19H16N4O2/c1-14(15-4-2-5-17(10-15)23-8-7-21-13-23)22-19(24)16(12-20)11-18-6-3-9-25-18/h2-11,13-14H,1H3,(H,22,24). The van der Waals surface area contributed by atoms with E-state index in [1.165, 1.54) is 12.3 Å². The van der Waals surface area contributed by atoms with E-state index in [1.807, 2.05) is 48.0 Å². The van der Waals surface area contributed by atoms with Gasteiger partial charge in [0.1, 0.15) is 17.4 Å². The normalized spacial score (nSPS) is 12.4. The maximum Gasteiger partial charge on any atom is 0.262 e. The van der Waals surface area contributed by atoms with E-state index in [9.17, 15) is 10.1 Å². The molecule has 1 amide bonds. The molecular weight excluding hydrogens is 316 g/mol. The lowest BCUT2D eigenvalue weighted by Crippen LogP contribution is -2.27. The number of aromatic nitrogens is 2. The number of imidazole rings is 1. The molecule has 124 valence electrons. The maximum absolute atomic E-state index is 12.3. The van der Waals surface area contributed by atoms with Gasteiger partial charge < -0.3 is 14.3 Å². The van der Waals surface area contributed by atoms with Crippen LogP contribution < -0.4 is 5.32 Å². The number of benzene rings is 1. The van der Waals surface area contributed by atoms with E-state index in [-0.39, 0.29) is 11.6 Å². The van der Waals surface area contributed by atoms with Crippen molar-refractivity contribution in [3.63, 3.8) is 0 Å². The summed E-state index contributed by atoms with van der Waals surface area (Å²) in [5, 5.41) is 12.1. The van der Waals surface area contributed by atoms with Crippen molar-refractivity contribution in [2.45, 2.75) is 13.0 Å². The van der Waals surface area contributed by atoms with Gasteiger partial charge in [0.2, 0.25) is 0 Å². The van der Waals surface area contributed by atoms with E-state index < -0.39 is 5.91 Å². The first-order chi connectivity index (χ1) is 12.2. The van der Waals surface area contributed by atoms with Crippen LogP contribution in [0.4, 0.5) is 0 Å². The highest BCUT2D eigenvalue weighted by molar-refractivity contribution is 6.01. The third-order valence-electron chi connectivity index (χ3n) is 3.72. The number of rotatable bonds is 5. The van der Waals surface area contributed by atoms with Crippen molar-refractivity contribution in [3.05, 3.63) is 78.3 Å². The average molecular weight is 332 g/mol. The van der Waals surface area contributed by atoms with Gasteiger partial charge in [0.25, 0.3) is 5.91 Å². The monoisotopic (exact) mass is 332 g/mol. The summed E-state index contributed by atoms with van der Waals surface area (Å²) >= 11 is 0. The summed E-state index contributed by atoms with van der Waals surface area (Å²) in [7, 11) is 0. The molecule has 0 spiro atoms. The lowest BCUT2D eigenvalue weighted by atomic mass is 10.1. The van der Waals surface area contributed by atoms with Gasteiger partial charge in [-0.3, -0.25) is 4.79 Å². The third-order valence-corrected chi connectivity index (χ3v) is 3.72. The van der Waals surface area contributed by atoms with Crippen LogP contribution >= 0.6 is 0 Å². The molecule has 2 aromatic heterocycles. The van der Waals surface area contributed by atoms with Gasteiger partial charge in [0.05, 0.1) is 18.6 Å². The predicted molar refractivity (Wildman–Crippen MR) is 92.4 cm³/mol. The van der Waals surface area contributed by atoms with Crippen LogP contribution in [0.15, 0.2) is 71.4 Å². The molecule has 3 aromatic rings. The first-order valence-corrected chi connectivity index (χ1v) is 7.72. The number of nitrogens with one attached hydrogen (secondary N) is 1. The number of carbonyl (C=O) groups excluding carboxylic acids is 1. The van der Waals surface area contributed by atoms with E-state index in [0.717, 1.165) is 11.3 Å². The molecule has 25 heavy (non-hydrogen) atoms. The van der Waals surface area contributed by atoms with Gasteiger partial charge in [-0.1, -0.05) is 12.1 Å². The summed E-state index contributed by atoms with van der Waals surface area (Å²) in [5.74, 6) is 0.0147. The smallest absolute Gasteiger partial charge is 0.262 e. The fourth-order valence-electron chi connectivity index (χ4n) is 2.39. The Kier molecular flexibility index (Phi) is 4.77. The topological polar surface area (TPSA) is 83.9 Å². The molecule has 0 radical (unpaired) electrons. The van der Waals surface area contributed by atoms with Gasteiger partial charge in [-0.15, -0.1) is 0 Å². The van der Waals surface area contributed by atoms with Crippen LogP contribution in [0.2, 0.25) is 0 Å². The number of carbonyl (C=O) groups is 1. The van der Waals surface area contributed by atoms with Gasteiger partial charge in [0.15, 0.2) is 0 Å². The third kappa shape index (κ3) is 3.85. The van der Waals surface area contributed by atoms with Gasteiger partial charge in [-0.2, -0.15) is 5.26 Å². The van der Waals surface area contributed by atoms with Crippen molar-refractivity contribution >= 4 is 12.0 Å². The highest BCUT2D eigenvalue weighted by Gasteiger charge is 2.14. The summed E-state index contributed by atoms with van der Waals surface area (Å²) in [5.41, 5.74) is 1.87. The van der Waals surface area contributed by atoms with Gasteiger partial charge >= 0.3 is 0 Å². The summed E-state index contributed by atoms with van der Waals surface area (Å²) in [6, 6.07) is 12.8. The van der Waals surface area contributed by atoms with E-state index in [0.29, 0.717) is 5.76 Å². The Hall–Kier alpha value is -3.59. The average Bonchev–Trinajstić information content (AvgIpc) is 3.33. The molecule has 1 N–H and O–H groups in total.